The van der Waals surface area contributed by atoms with Crippen molar-refractivity contribution >= 4 is 16.2 Å². The van der Waals surface area contributed by atoms with Gasteiger partial charge in [0.05, 0.1) is 0 Å². The van der Waals surface area contributed by atoms with Crippen molar-refractivity contribution in [3.63, 3.8) is 0 Å². The second-order valence-electron chi connectivity index (χ2n) is 5.87. The third kappa shape index (κ3) is 10.2. The van der Waals surface area contributed by atoms with E-state index in [2.05, 4.69) is 16.4 Å². The molecular weight excluding hydrogens is 328 g/mol. The van der Waals surface area contributed by atoms with Crippen LogP contribution in [-0.2, 0) is 21.6 Å². The standard InChI is InChI=1S/C17H28N2O4S/c1-2-3-4-5-6-7-8-9-17(20)19-14-15-10-12-16(13-11-15)23-24(18,21)22/h10-13H,2-9,14H2,1H3,(H,19,20)(H2,18,21,22). The molecular formula is C17H28N2O4S. The van der Waals surface area contributed by atoms with E-state index in [1.165, 1.54) is 44.2 Å². The molecule has 1 aromatic rings. The smallest absolute Gasteiger partial charge is 0.371 e. The summed E-state index contributed by atoms with van der Waals surface area (Å²) in [5, 5.41) is 7.64. The highest BCUT2D eigenvalue weighted by Crippen LogP contribution is 2.13. The topological polar surface area (TPSA) is 98.5 Å². The Bertz CT molecular complexity index is 585. The van der Waals surface area contributed by atoms with Crippen LogP contribution in [0, 0.1) is 0 Å². The van der Waals surface area contributed by atoms with Crippen LogP contribution in [0.15, 0.2) is 24.3 Å². The van der Waals surface area contributed by atoms with Gasteiger partial charge in [0.15, 0.2) is 0 Å². The summed E-state index contributed by atoms with van der Waals surface area (Å²) in [6.45, 7) is 2.61. The number of unbranched alkanes of at least 4 members (excludes halogenated alkanes) is 6. The first kappa shape index (κ1) is 20.4. The molecule has 0 aromatic heterocycles. The first-order valence-corrected chi connectivity index (χ1v) is 9.95. The number of nitrogens with one attached hydrogen (secondary N) is 1. The summed E-state index contributed by atoms with van der Waals surface area (Å²) in [5.74, 6) is 0.184. The van der Waals surface area contributed by atoms with Gasteiger partial charge in [-0.2, -0.15) is 13.6 Å². The predicted octanol–water partition coefficient (Wildman–Crippen LogP) is 3.03. The molecule has 0 spiro atoms. The summed E-state index contributed by atoms with van der Waals surface area (Å²) >= 11 is 0. The van der Waals surface area contributed by atoms with Crippen LogP contribution in [0.1, 0.15) is 63.9 Å². The molecule has 0 heterocycles. The fourth-order valence-electron chi connectivity index (χ4n) is 2.33. The van der Waals surface area contributed by atoms with Gasteiger partial charge in [0.25, 0.3) is 0 Å². The Morgan fingerprint density at radius 2 is 1.62 bits per heavy atom. The monoisotopic (exact) mass is 356 g/mol. The third-order valence-corrected chi connectivity index (χ3v) is 4.06. The maximum atomic E-state index is 11.8. The first-order chi connectivity index (χ1) is 11.4. The lowest BCUT2D eigenvalue weighted by atomic mass is 10.1. The molecule has 0 aliphatic rings. The summed E-state index contributed by atoms with van der Waals surface area (Å²) in [5.41, 5.74) is 0.865. The van der Waals surface area contributed by atoms with Crippen LogP contribution in [0.3, 0.4) is 0 Å². The first-order valence-electron chi connectivity index (χ1n) is 8.48. The molecule has 0 saturated carbocycles. The van der Waals surface area contributed by atoms with Crippen molar-refractivity contribution in [2.24, 2.45) is 5.14 Å². The van der Waals surface area contributed by atoms with E-state index in [1.54, 1.807) is 12.1 Å². The van der Waals surface area contributed by atoms with Crippen LogP contribution >= 0.6 is 0 Å². The van der Waals surface area contributed by atoms with Gasteiger partial charge in [-0.3, -0.25) is 4.79 Å². The highest BCUT2D eigenvalue weighted by atomic mass is 32.2. The van der Waals surface area contributed by atoms with E-state index in [0.717, 1.165) is 18.4 Å². The molecule has 7 heteroatoms. The normalized spacial score (nSPS) is 11.2. The highest BCUT2D eigenvalue weighted by Gasteiger charge is 2.05. The lowest BCUT2D eigenvalue weighted by Crippen LogP contribution is -2.22. The van der Waals surface area contributed by atoms with Crippen LogP contribution in [0.2, 0.25) is 0 Å². The zero-order valence-electron chi connectivity index (χ0n) is 14.3. The Balaban J connectivity index is 2.18. The zero-order valence-corrected chi connectivity index (χ0v) is 15.1. The summed E-state index contributed by atoms with van der Waals surface area (Å²) < 4.78 is 26.1. The number of amides is 1. The van der Waals surface area contributed by atoms with Gasteiger partial charge in [-0.05, 0) is 24.1 Å². The maximum absolute atomic E-state index is 11.8. The Morgan fingerprint density at radius 3 is 2.21 bits per heavy atom. The molecule has 3 N–H and O–H groups in total. The molecule has 1 aromatic carbocycles. The Morgan fingerprint density at radius 1 is 1.04 bits per heavy atom. The van der Waals surface area contributed by atoms with Crippen molar-refractivity contribution in [1.29, 1.82) is 0 Å². The molecule has 136 valence electrons. The number of hydrogen-bond acceptors (Lipinski definition) is 4. The number of nitrogens with two attached hydrogens (primary N) is 1. The maximum Gasteiger partial charge on any atom is 0.380 e. The Hall–Kier alpha value is -1.60. The van der Waals surface area contributed by atoms with Gasteiger partial charge < -0.3 is 9.50 Å². The van der Waals surface area contributed by atoms with E-state index in [0.29, 0.717) is 13.0 Å². The summed E-state index contributed by atoms with van der Waals surface area (Å²) in [6, 6.07) is 6.38. The average molecular weight is 356 g/mol. The molecule has 0 saturated heterocycles. The molecule has 0 aliphatic heterocycles. The van der Waals surface area contributed by atoms with E-state index >= 15 is 0 Å². The Labute approximate surface area is 145 Å². The fourth-order valence-corrected chi connectivity index (χ4v) is 2.71. The molecule has 0 radical (unpaired) electrons. The van der Waals surface area contributed by atoms with Crippen molar-refractivity contribution in [3.8, 4) is 5.75 Å². The van der Waals surface area contributed by atoms with Gasteiger partial charge in [0.1, 0.15) is 5.75 Å². The van der Waals surface area contributed by atoms with Crippen molar-refractivity contribution in [2.45, 2.75) is 64.8 Å². The van der Waals surface area contributed by atoms with E-state index < -0.39 is 10.3 Å². The van der Waals surface area contributed by atoms with Gasteiger partial charge in [0.2, 0.25) is 5.91 Å². The largest absolute Gasteiger partial charge is 0.380 e. The molecule has 0 aliphatic carbocycles. The zero-order chi connectivity index (χ0) is 17.8. The summed E-state index contributed by atoms with van der Waals surface area (Å²) in [6.07, 6.45) is 8.82. The molecule has 6 nitrogen and oxygen atoms in total. The number of hydrogen-bond donors (Lipinski definition) is 2. The summed E-state index contributed by atoms with van der Waals surface area (Å²) in [4.78, 5) is 11.8. The quantitative estimate of drug-likeness (QED) is 0.562. The van der Waals surface area contributed by atoms with E-state index in [1.807, 2.05) is 0 Å². The second-order valence-corrected chi connectivity index (χ2v) is 7.02. The minimum atomic E-state index is -4.01. The van der Waals surface area contributed by atoms with Gasteiger partial charge in [-0.1, -0.05) is 57.6 Å². The molecule has 0 unspecified atom stereocenters. The number of benzene rings is 1. The van der Waals surface area contributed by atoms with Crippen molar-refractivity contribution in [2.75, 3.05) is 0 Å². The van der Waals surface area contributed by atoms with E-state index in [9.17, 15) is 13.2 Å². The molecule has 0 fully saturated rings. The lowest BCUT2D eigenvalue weighted by molar-refractivity contribution is -0.121. The van der Waals surface area contributed by atoms with Gasteiger partial charge >= 0.3 is 10.3 Å². The number of carbonyl (C=O) groups is 1. The lowest BCUT2D eigenvalue weighted by Gasteiger charge is -2.07. The van der Waals surface area contributed by atoms with E-state index in [4.69, 9.17) is 5.14 Å². The van der Waals surface area contributed by atoms with Crippen molar-refractivity contribution in [3.05, 3.63) is 29.8 Å². The molecule has 0 bridgehead atoms. The minimum absolute atomic E-state index is 0.0356. The second kappa shape index (κ2) is 11.0. The number of carbonyl (C=O) groups excluding carboxylic acids is 1. The molecule has 1 rings (SSSR count). The van der Waals surface area contributed by atoms with Crippen LogP contribution in [0.4, 0.5) is 0 Å². The molecule has 24 heavy (non-hydrogen) atoms. The van der Waals surface area contributed by atoms with Crippen LogP contribution < -0.4 is 14.6 Å². The van der Waals surface area contributed by atoms with Crippen LogP contribution in [0.5, 0.6) is 5.75 Å². The SMILES string of the molecule is CCCCCCCCCC(=O)NCc1ccc(OS(N)(=O)=O)cc1. The number of rotatable bonds is 12. The van der Waals surface area contributed by atoms with Gasteiger partial charge in [-0.25, -0.2) is 0 Å². The summed E-state index contributed by atoms with van der Waals surface area (Å²) in [7, 11) is -4.01. The minimum Gasteiger partial charge on any atom is -0.371 e. The van der Waals surface area contributed by atoms with Crippen LogP contribution in [-0.4, -0.2) is 14.3 Å². The molecule has 0 atom stereocenters. The molecule has 1 amide bonds. The van der Waals surface area contributed by atoms with Crippen LogP contribution in [0.25, 0.3) is 0 Å². The van der Waals surface area contributed by atoms with Crippen molar-refractivity contribution < 1.29 is 17.4 Å². The van der Waals surface area contributed by atoms with Crippen molar-refractivity contribution in [1.82, 2.24) is 5.32 Å². The predicted molar refractivity (Wildman–Crippen MR) is 94.6 cm³/mol. The average Bonchev–Trinajstić information content (AvgIpc) is 2.52. The van der Waals surface area contributed by atoms with Gasteiger partial charge in [-0.15, -0.1) is 0 Å². The third-order valence-electron chi connectivity index (χ3n) is 3.63. The highest BCUT2D eigenvalue weighted by molar-refractivity contribution is 7.84. The fraction of sp³-hybridized carbons (Fsp3) is 0.588. The van der Waals surface area contributed by atoms with E-state index in [-0.39, 0.29) is 11.7 Å². The Kier molecular flexibility index (Phi) is 9.41. The van der Waals surface area contributed by atoms with Gasteiger partial charge in [0, 0.05) is 13.0 Å².